The lowest BCUT2D eigenvalue weighted by Crippen LogP contribution is -2.48. The highest BCUT2D eigenvalue weighted by Gasteiger charge is 2.28. The van der Waals surface area contributed by atoms with Gasteiger partial charge in [0.05, 0.1) is 24.4 Å². The molecule has 1 atom stereocenters. The van der Waals surface area contributed by atoms with Crippen LogP contribution in [0.4, 0.5) is 0 Å². The van der Waals surface area contributed by atoms with Crippen LogP contribution in [0.5, 0.6) is 5.75 Å². The number of hydrogen-bond donors (Lipinski definition) is 2. The number of nitrogens with one attached hydrogen (secondary N) is 1. The summed E-state index contributed by atoms with van der Waals surface area (Å²) in [6.45, 7) is 2.20. The number of methoxy groups -OCH3 is 1. The van der Waals surface area contributed by atoms with E-state index in [2.05, 4.69) is 10.3 Å². The molecule has 0 bridgehead atoms. The van der Waals surface area contributed by atoms with Crippen molar-refractivity contribution in [2.45, 2.75) is 38.8 Å². The van der Waals surface area contributed by atoms with Gasteiger partial charge in [-0.3, -0.25) is 14.6 Å². The maximum atomic E-state index is 13.0. The number of nitrogens with zero attached hydrogens (tertiary/aromatic N) is 2. The van der Waals surface area contributed by atoms with Crippen LogP contribution < -0.4 is 15.9 Å². The van der Waals surface area contributed by atoms with Gasteiger partial charge in [0.15, 0.2) is 0 Å². The Labute approximate surface area is 191 Å². The molecule has 1 aliphatic rings. The number of fused-ring (bicyclic) bond motifs is 1. The van der Waals surface area contributed by atoms with Gasteiger partial charge in [0.25, 0.3) is 11.8 Å². The Morgan fingerprint density at radius 1 is 1.25 bits per heavy atom. The Bertz CT molecular complexity index is 1140. The molecule has 2 amide bonds. The smallest absolute Gasteiger partial charge is 0.268 e. The van der Waals surface area contributed by atoms with Crippen molar-refractivity contribution in [3.8, 4) is 5.75 Å². The number of amides is 2. The predicted octanol–water partition coefficient (Wildman–Crippen LogP) is 3.26. The summed E-state index contributed by atoms with van der Waals surface area (Å²) in [5, 5.41) is 4.25. The second-order valence-electron chi connectivity index (χ2n) is 7.90. The van der Waals surface area contributed by atoms with Gasteiger partial charge in [-0.25, -0.2) is 10.8 Å². The van der Waals surface area contributed by atoms with E-state index in [0.29, 0.717) is 17.7 Å². The minimum Gasteiger partial charge on any atom is -0.496 e. The normalized spacial score (nSPS) is 15.0. The zero-order valence-electron chi connectivity index (χ0n) is 18.1. The van der Waals surface area contributed by atoms with E-state index in [1.54, 1.807) is 48.8 Å². The largest absolute Gasteiger partial charge is 0.496 e. The molecule has 0 saturated heterocycles. The fraction of sp³-hybridized carbons (Fsp3) is 0.292. The third kappa shape index (κ3) is 4.66. The lowest BCUT2D eigenvalue weighted by Gasteiger charge is -2.30. The second kappa shape index (κ2) is 9.50. The molecular formula is C24H26N4O3S. The summed E-state index contributed by atoms with van der Waals surface area (Å²) in [7, 11) is 1.60. The van der Waals surface area contributed by atoms with Crippen LogP contribution in [0.2, 0.25) is 0 Å². The van der Waals surface area contributed by atoms with Crippen molar-refractivity contribution in [1.82, 2.24) is 15.3 Å². The lowest BCUT2D eigenvalue weighted by atomic mass is 9.96. The number of hydrazine groups is 1. The van der Waals surface area contributed by atoms with Crippen LogP contribution in [-0.2, 0) is 19.4 Å². The van der Waals surface area contributed by atoms with Gasteiger partial charge in [0, 0.05) is 29.0 Å². The summed E-state index contributed by atoms with van der Waals surface area (Å²) < 4.78 is 5.24. The number of ether oxygens (including phenoxy) is 1. The van der Waals surface area contributed by atoms with Gasteiger partial charge in [-0.2, -0.15) is 0 Å². The summed E-state index contributed by atoms with van der Waals surface area (Å²) in [6.07, 6.45) is 2.37. The standard InChI is InChI=1S/C24H26N4O3S/c1-15-10-17(6-9-21(15)31-2)23(29)26-13-16-4-3-5-18(11-16)24(30)28(25)19-7-8-20-22(12-19)32-14-27-20/h3-6,9-11,14,19H,7-8,12-13,25H2,1-2H3,(H,26,29). The van der Waals surface area contributed by atoms with E-state index in [1.165, 1.54) is 9.89 Å². The Hall–Kier alpha value is -3.23. The molecule has 7 nitrogen and oxygen atoms in total. The summed E-state index contributed by atoms with van der Waals surface area (Å²) in [4.78, 5) is 31.1. The number of carbonyl (C=O) groups excluding carboxylic acids is 2. The first-order valence-corrected chi connectivity index (χ1v) is 11.4. The number of aryl methyl sites for hydroxylation is 2. The summed E-state index contributed by atoms with van der Waals surface area (Å²) in [5.41, 5.74) is 5.76. The molecule has 0 fully saturated rings. The molecule has 0 saturated carbocycles. The molecule has 2 aromatic carbocycles. The third-order valence-electron chi connectivity index (χ3n) is 5.77. The van der Waals surface area contributed by atoms with Crippen LogP contribution in [0.3, 0.4) is 0 Å². The summed E-state index contributed by atoms with van der Waals surface area (Å²) in [5.74, 6) is 6.56. The maximum absolute atomic E-state index is 13.0. The first-order valence-electron chi connectivity index (χ1n) is 10.5. The van der Waals surface area contributed by atoms with Crippen molar-refractivity contribution in [3.05, 3.63) is 80.8 Å². The Kier molecular flexibility index (Phi) is 6.53. The highest BCUT2D eigenvalue weighted by molar-refractivity contribution is 7.09. The first kappa shape index (κ1) is 22.0. The van der Waals surface area contributed by atoms with Crippen LogP contribution in [0.1, 0.15) is 48.8 Å². The molecule has 32 heavy (non-hydrogen) atoms. The molecule has 0 radical (unpaired) electrons. The average molecular weight is 451 g/mol. The number of nitrogens with two attached hydrogens (primary N) is 1. The first-order chi connectivity index (χ1) is 15.5. The zero-order chi connectivity index (χ0) is 22.7. The number of aromatic nitrogens is 1. The molecule has 3 aromatic rings. The van der Waals surface area contributed by atoms with Crippen LogP contribution in [-0.4, -0.2) is 35.0 Å². The molecule has 3 N–H and O–H groups in total. The van der Waals surface area contributed by atoms with E-state index in [0.717, 1.165) is 41.8 Å². The van der Waals surface area contributed by atoms with E-state index in [1.807, 2.05) is 24.6 Å². The van der Waals surface area contributed by atoms with Crippen molar-refractivity contribution in [2.75, 3.05) is 7.11 Å². The van der Waals surface area contributed by atoms with Gasteiger partial charge in [-0.15, -0.1) is 11.3 Å². The van der Waals surface area contributed by atoms with Crippen molar-refractivity contribution in [3.63, 3.8) is 0 Å². The van der Waals surface area contributed by atoms with E-state index < -0.39 is 0 Å². The van der Waals surface area contributed by atoms with E-state index in [-0.39, 0.29) is 17.9 Å². The second-order valence-corrected chi connectivity index (χ2v) is 8.84. The van der Waals surface area contributed by atoms with Crippen LogP contribution in [0.25, 0.3) is 0 Å². The third-order valence-corrected chi connectivity index (χ3v) is 6.67. The molecule has 1 aromatic heterocycles. The fourth-order valence-electron chi connectivity index (χ4n) is 3.95. The van der Waals surface area contributed by atoms with Crippen LogP contribution >= 0.6 is 11.3 Å². The van der Waals surface area contributed by atoms with Crippen molar-refractivity contribution in [2.24, 2.45) is 5.84 Å². The molecule has 1 heterocycles. The zero-order valence-corrected chi connectivity index (χ0v) is 18.9. The number of thiazole rings is 1. The molecular weight excluding hydrogens is 424 g/mol. The molecule has 1 aliphatic carbocycles. The van der Waals surface area contributed by atoms with E-state index in [9.17, 15) is 9.59 Å². The summed E-state index contributed by atoms with van der Waals surface area (Å²) >= 11 is 1.61. The molecule has 4 rings (SSSR count). The highest BCUT2D eigenvalue weighted by atomic mass is 32.1. The molecule has 0 spiro atoms. The number of benzene rings is 2. The monoisotopic (exact) mass is 450 g/mol. The Morgan fingerprint density at radius 2 is 2.09 bits per heavy atom. The van der Waals surface area contributed by atoms with Crippen LogP contribution in [0.15, 0.2) is 48.0 Å². The Balaban J connectivity index is 1.39. The molecule has 8 heteroatoms. The topological polar surface area (TPSA) is 97.5 Å². The number of rotatable bonds is 6. The number of carbonyl (C=O) groups is 2. The lowest BCUT2D eigenvalue weighted by molar-refractivity contribution is 0.0661. The van der Waals surface area contributed by atoms with Gasteiger partial charge in [0.1, 0.15) is 5.75 Å². The molecule has 166 valence electrons. The van der Waals surface area contributed by atoms with Crippen molar-refractivity contribution < 1.29 is 14.3 Å². The van der Waals surface area contributed by atoms with Gasteiger partial charge < -0.3 is 10.1 Å². The van der Waals surface area contributed by atoms with Gasteiger partial charge in [-0.1, -0.05) is 12.1 Å². The Morgan fingerprint density at radius 3 is 2.88 bits per heavy atom. The van der Waals surface area contributed by atoms with Gasteiger partial charge in [-0.05, 0) is 61.2 Å². The van der Waals surface area contributed by atoms with Gasteiger partial charge in [0.2, 0.25) is 0 Å². The SMILES string of the molecule is COc1ccc(C(=O)NCc2cccc(C(=O)N(N)C3CCc4ncsc4C3)c2)cc1C. The molecule has 0 aliphatic heterocycles. The van der Waals surface area contributed by atoms with Gasteiger partial charge >= 0.3 is 0 Å². The quantitative estimate of drug-likeness (QED) is 0.341. The van der Waals surface area contributed by atoms with Crippen molar-refractivity contribution >= 4 is 23.2 Å². The van der Waals surface area contributed by atoms with Crippen molar-refractivity contribution in [1.29, 1.82) is 0 Å². The maximum Gasteiger partial charge on any atom is 0.268 e. The number of hydrogen-bond acceptors (Lipinski definition) is 6. The minimum absolute atomic E-state index is 0.0443. The highest BCUT2D eigenvalue weighted by Crippen LogP contribution is 2.26. The summed E-state index contributed by atoms with van der Waals surface area (Å²) in [6, 6.07) is 12.5. The molecule has 1 unspecified atom stereocenters. The van der Waals surface area contributed by atoms with Crippen LogP contribution in [0, 0.1) is 6.92 Å². The predicted molar refractivity (Wildman–Crippen MR) is 124 cm³/mol. The minimum atomic E-state index is -0.220. The fourth-order valence-corrected chi connectivity index (χ4v) is 4.84. The van der Waals surface area contributed by atoms with E-state index >= 15 is 0 Å². The average Bonchev–Trinajstić information content (AvgIpc) is 3.29. The van der Waals surface area contributed by atoms with E-state index in [4.69, 9.17) is 10.6 Å².